The van der Waals surface area contributed by atoms with Crippen LogP contribution in [0, 0.1) is 13.8 Å². The maximum atomic E-state index is 2.93. The van der Waals surface area contributed by atoms with E-state index in [0.717, 1.165) is 25.7 Å². The second-order valence-corrected chi connectivity index (χ2v) is 22.9. The van der Waals surface area contributed by atoms with Gasteiger partial charge in [-0.3, -0.25) is 0 Å². The molecule has 4 heteroatoms. The number of anilines is 7. The van der Waals surface area contributed by atoms with Gasteiger partial charge >= 0.3 is 0 Å². The predicted molar refractivity (Wildman–Crippen MR) is 307 cm³/mol. The molecule has 1 fully saturated rings. The van der Waals surface area contributed by atoms with Crippen molar-refractivity contribution in [2.24, 2.45) is 0 Å². The molecular formula is C69H60BN3. The first-order valence-electron chi connectivity index (χ1n) is 27.0. The summed E-state index contributed by atoms with van der Waals surface area (Å²) in [7, 11) is 0. The summed E-state index contributed by atoms with van der Waals surface area (Å²) in [5.41, 5.74) is 27.2. The third-order valence-electron chi connectivity index (χ3n) is 19.5. The maximum Gasteiger partial charge on any atom is 0.252 e. The minimum absolute atomic E-state index is 0.0156. The number of fused-ring (bicyclic) bond motifs is 12. The Morgan fingerprint density at radius 3 is 1.90 bits per heavy atom. The van der Waals surface area contributed by atoms with Crippen LogP contribution in [0.3, 0.4) is 0 Å². The van der Waals surface area contributed by atoms with Gasteiger partial charge in [-0.2, -0.15) is 0 Å². The van der Waals surface area contributed by atoms with E-state index in [4.69, 9.17) is 0 Å². The molecule has 0 bridgehead atoms. The SMILES string of the molecule is Cc1cc(C)c2c(c1)N(c1cc3c4c(c1)N1c5c(cccc5C5(c6ccccc6)CCCCC15C)B4c1ccc(-c4ccccc4)cc1N3c1cccc(-c3ccccc3)c1)C1(C)c3ccccc3CCC21C. The highest BCUT2D eigenvalue weighted by molar-refractivity contribution is 7.00. The Morgan fingerprint density at radius 2 is 1.12 bits per heavy atom. The molecule has 1 saturated carbocycles. The van der Waals surface area contributed by atoms with Crippen LogP contribution >= 0.6 is 0 Å². The fraction of sp³-hybridized carbons (Fsp3) is 0.217. The molecule has 4 unspecified atom stereocenters. The molecule has 6 aliphatic rings. The summed E-state index contributed by atoms with van der Waals surface area (Å²) < 4.78 is 0. The molecule has 0 N–H and O–H groups in total. The number of benzene rings is 9. The quantitative estimate of drug-likeness (QED) is 0.159. The van der Waals surface area contributed by atoms with Gasteiger partial charge in [0, 0.05) is 50.6 Å². The first kappa shape index (κ1) is 43.1. The van der Waals surface area contributed by atoms with Crippen molar-refractivity contribution in [3.05, 3.63) is 239 Å². The number of rotatable bonds is 5. The zero-order valence-electron chi connectivity index (χ0n) is 42.7. The molecule has 0 amide bonds. The minimum atomic E-state index is -0.376. The molecule has 9 aromatic rings. The fourth-order valence-electron chi connectivity index (χ4n) is 16.3. The molecule has 73 heavy (non-hydrogen) atoms. The summed E-state index contributed by atoms with van der Waals surface area (Å²) in [6, 6.07) is 77.4. The lowest BCUT2D eigenvalue weighted by atomic mass is 9.33. The van der Waals surface area contributed by atoms with Crippen LogP contribution in [0.2, 0.25) is 0 Å². The lowest BCUT2D eigenvalue weighted by Crippen LogP contribution is -2.65. The monoisotopic (exact) mass is 941 g/mol. The zero-order valence-corrected chi connectivity index (χ0v) is 42.7. The second-order valence-electron chi connectivity index (χ2n) is 22.9. The maximum absolute atomic E-state index is 2.93. The molecule has 4 atom stereocenters. The van der Waals surface area contributed by atoms with Gasteiger partial charge in [0.25, 0.3) is 6.71 Å². The van der Waals surface area contributed by atoms with E-state index < -0.39 is 0 Å². The average Bonchev–Trinajstić information content (AvgIpc) is 3.83. The Hall–Kier alpha value is -7.56. The van der Waals surface area contributed by atoms with Gasteiger partial charge in [-0.15, -0.1) is 0 Å². The van der Waals surface area contributed by atoms with Gasteiger partial charge in [-0.05, 0) is 167 Å². The van der Waals surface area contributed by atoms with Crippen LogP contribution in [0.5, 0.6) is 0 Å². The highest BCUT2D eigenvalue weighted by Crippen LogP contribution is 2.67. The third kappa shape index (κ3) is 5.52. The molecule has 354 valence electrons. The van der Waals surface area contributed by atoms with Crippen LogP contribution in [0.25, 0.3) is 22.3 Å². The highest BCUT2D eigenvalue weighted by Gasteiger charge is 2.65. The zero-order chi connectivity index (χ0) is 49.0. The lowest BCUT2D eigenvalue weighted by Gasteiger charge is -2.55. The van der Waals surface area contributed by atoms with Crippen molar-refractivity contribution in [1.29, 1.82) is 0 Å². The topological polar surface area (TPSA) is 9.72 Å². The molecule has 9 aromatic carbocycles. The Balaban J connectivity index is 1.09. The van der Waals surface area contributed by atoms with Gasteiger partial charge < -0.3 is 14.7 Å². The van der Waals surface area contributed by atoms with Gasteiger partial charge in [0.15, 0.2) is 0 Å². The third-order valence-corrected chi connectivity index (χ3v) is 19.5. The van der Waals surface area contributed by atoms with E-state index in [2.05, 4.69) is 250 Å². The summed E-state index contributed by atoms with van der Waals surface area (Å²) >= 11 is 0. The summed E-state index contributed by atoms with van der Waals surface area (Å²) in [6.45, 7) is 12.5. The Kier molecular flexibility index (Phi) is 8.99. The van der Waals surface area contributed by atoms with Crippen molar-refractivity contribution in [3.8, 4) is 22.3 Å². The second kappa shape index (κ2) is 15.2. The average molecular weight is 942 g/mol. The van der Waals surface area contributed by atoms with Crippen LogP contribution in [0.4, 0.5) is 39.8 Å². The van der Waals surface area contributed by atoms with E-state index in [1.54, 1.807) is 0 Å². The van der Waals surface area contributed by atoms with E-state index in [1.165, 1.54) is 130 Å². The number of hydrogen-bond donors (Lipinski definition) is 0. The standard InChI is InChI=1S/C69H60BN3/c1-45-39-46(2)63-60(40-45)72(68(5)55-30-16-15-25-49(55)35-38-66(63,68)3)54-43-61-64-62(44-54)73-65-56(69(52-27-13-8-14-28-52)37-18-17-36-67(69,73)4)31-20-32-58(65)70(64)57-34-33-51(48-23-11-7-12-24-48)42-59(57)71(61)53-29-19-26-50(41-53)47-21-9-6-10-22-47/h6-16,19-34,39-44H,17-18,35-38H2,1-5H3. The van der Waals surface area contributed by atoms with Crippen LogP contribution < -0.4 is 31.1 Å². The minimum Gasteiger partial charge on any atom is -0.335 e. The first-order chi connectivity index (χ1) is 35.6. The molecule has 4 aliphatic heterocycles. The molecule has 15 rings (SSSR count). The molecule has 2 aliphatic carbocycles. The summed E-state index contributed by atoms with van der Waals surface area (Å²) in [6.07, 6.45) is 6.79. The number of hydrogen-bond acceptors (Lipinski definition) is 3. The normalized spacial score (nSPS) is 23.5. The van der Waals surface area contributed by atoms with Gasteiger partial charge in [-0.25, -0.2) is 0 Å². The largest absolute Gasteiger partial charge is 0.335 e. The summed E-state index contributed by atoms with van der Waals surface area (Å²) in [5, 5.41) is 0. The van der Waals surface area contributed by atoms with Crippen molar-refractivity contribution in [2.75, 3.05) is 14.7 Å². The van der Waals surface area contributed by atoms with Crippen molar-refractivity contribution in [2.45, 2.75) is 95.1 Å². The van der Waals surface area contributed by atoms with Crippen LogP contribution in [-0.4, -0.2) is 12.3 Å². The first-order valence-corrected chi connectivity index (χ1v) is 27.0. The smallest absolute Gasteiger partial charge is 0.252 e. The highest BCUT2D eigenvalue weighted by atomic mass is 15.3. The molecule has 0 saturated heterocycles. The fourth-order valence-corrected chi connectivity index (χ4v) is 16.3. The van der Waals surface area contributed by atoms with Gasteiger partial charge in [0.2, 0.25) is 0 Å². The Morgan fingerprint density at radius 1 is 0.466 bits per heavy atom. The molecular weight excluding hydrogens is 882 g/mol. The Bertz CT molecular complexity index is 3750. The Labute approximate surface area is 431 Å². The molecule has 0 radical (unpaired) electrons. The van der Waals surface area contributed by atoms with Crippen LogP contribution in [0.1, 0.15) is 91.8 Å². The summed E-state index contributed by atoms with van der Waals surface area (Å²) in [4.78, 5) is 8.44. The predicted octanol–water partition coefficient (Wildman–Crippen LogP) is 15.3. The number of nitrogens with zero attached hydrogens (tertiary/aromatic N) is 3. The number of aryl methyl sites for hydroxylation is 3. The van der Waals surface area contributed by atoms with Crippen LogP contribution in [-0.2, 0) is 22.8 Å². The van der Waals surface area contributed by atoms with Gasteiger partial charge in [0.05, 0.1) is 11.1 Å². The van der Waals surface area contributed by atoms with Crippen molar-refractivity contribution in [1.82, 2.24) is 0 Å². The van der Waals surface area contributed by atoms with E-state index >= 15 is 0 Å². The summed E-state index contributed by atoms with van der Waals surface area (Å²) in [5.74, 6) is 0. The van der Waals surface area contributed by atoms with E-state index in [0.29, 0.717) is 0 Å². The van der Waals surface area contributed by atoms with E-state index in [9.17, 15) is 0 Å². The van der Waals surface area contributed by atoms with E-state index in [-0.39, 0.29) is 28.6 Å². The van der Waals surface area contributed by atoms with Crippen molar-refractivity contribution in [3.63, 3.8) is 0 Å². The van der Waals surface area contributed by atoms with Crippen molar-refractivity contribution >= 4 is 62.9 Å². The van der Waals surface area contributed by atoms with Gasteiger partial charge in [-0.1, -0.05) is 184 Å². The van der Waals surface area contributed by atoms with Crippen molar-refractivity contribution < 1.29 is 0 Å². The molecule has 0 aromatic heterocycles. The molecule has 3 nitrogen and oxygen atoms in total. The lowest BCUT2D eigenvalue weighted by molar-refractivity contribution is 0.215. The molecule has 4 heterocycles. The number of para-hydroxylation sites is 1. The van der Waals surface area contributed by atoms with Crippen LogP contribution in [0.15, 0.2) is 200 Å². The van der Waals surface area contributed by atoms with E-state index in [1.807, 2.05) is 0 Å². The molecule has 0 spiro atoms. The van der Waals surface area contributed by atoms with Gasteiger partial charge in [0.1, 0.15) is 0 Å².